The second-order valence-electron chi connectivity index (χ2n) is 3.56. The summed E-state index contributed by atoms with van der Waals surface area (Å²) in [5, 5.41) is 0. The molecule has 2 rings (SSSR count). The summed E-state index contributed by atoms with van der Waals surface area (Å²) in [6.07, 6.45) is 0. The molecule has 0 aromatic heterocycles. The Bertz CT molecular complexity index is 417. The number of hydrogen-bond acceptors (Lipinski definition) is 2. The maximum absolute atomic E-state index is 13.5. The molecule has 0 saturated heterocycles. The first-order chi connectivity index (χ1) is 6.52. The average Bonchev–Trinajstić information content (AvgIpc) is 2.31. The van der Waals surface area contributed by atoms with E-state index in [1.54, 1.807) is 13.0 Å². The van der Waals surface area contributed by atoms with Crippen molar-refractivity contribution in [3.63, 3.8) is 0 Å². The molecule has 0 aliphatic carbocycles. The molecule has 3 nitrogen and oxygen atoms in total. The number of anilines is 1. The van der Waals surface area contributed by atoms with Crippen molar-refractivity contribution in [1.29, 1.82) is 0 Å². The van der Waals surface area contributed by atoms with Gasteiger partial charge in [-0.2, -0.15) is 0 Å². The van der Waals surface area contributed by atoms with E-state index in [0.29, 0.717) is 11.3 Å². The number of likely N-dealkylation sites (N-methyl/N-ethyl adjacent to an activating group) is 1. The SMILES string of the molecule is Cc1cc(F)c2c(c1)C(N)C(=O)N2C. The molecule has 1 heterocycles. The van der Waals surface area contributed by atoms with Crippen molar-refractivity contribution >= 4 is 11.6 Å². The molecule has 1 aliphatic heterocycles. The van der Waals surface area contributed by atoms with Crippen LogP contribution in [-0.2, 0) is 4.79 Å². The molecule has 1 unspecified atom stereocenters. The average molecular weight is 194 g/mol. The number of halogens is 1. The smallest absolute Gasteiger partial charge is 0.248 e. The maximum atomic E-state index is 13.5. The van der Waals surface area contributed by atoms with Crippen molar-refractivity contribution in [2.75, 3.05) is 11.9 Å². The predicted octanol–water partition coefficient (Wildman–Crippen LogP) is 1.11. The van der Waals surface area contributed by atoms with Crippen LogP contribution in [0.25, 0.3) is 0 Å². The Morgan fingerprint density at radius 3 is 2.79 bits per heavy atom. The van der Waals surface area contributed by atoms with Gasteiger partial charge in [0.25, 0.3) is 0 Å². The van der Waals surface area contributed by atoms with Gasteiger partial charge in [-0.3, -0.25) is 4.79 Å². The Kier molecular flexibility index (Phi) is 1.82. The highest BCUT2D eigenvalue weighted by Crippen LogP contribution is 2.36. The van der Waals surface area contributed by atoms with Crippen LogP contribution in [0.1, 0.15) is 17.2 Å². The number of carbonyl (C=O) groups excluding carboxylic acids is 1. The van der Waals surface area contributed by atoms with Gasteiger partial charge in [0.1, 0.15) is 11.9 Å². The van der Waals surface area contributed by atoms with E-state index in [0.717, 1.165) is 5.56 Å². The summed E-state index contributed by atoms with van der Waals surface area (Å²) in [6, 6.07) is 2.44. The van der Waals surface area contributed by atoms with Crippen molar-refractivity contribution in [3.05, 3.63) is 29.1 Å². The maximum Gasteiger partial charge on any atom is 0.248 e. The third kappa shape index (κ3) is 1.04. The second kappa shape index (κ2) is 2.78. The fraction of sp³-hybridized carbons (Fsp3) is 0.300. The largest absolute Gasteiger partial charge is 0.316 e. The van der Waals surface area contributed by atoms with E-state index in [4.69, 9.17) is 5.73 Å². The molecule has 4 heteroatoms. The summed E-state index contributed by atoms with van der Waals surface area (Å²) < 4.78 is 13.5. The topological polar surface area (TPSA) is 46.3 Å². The van der Waals surface area contributed by atoms with E-state index < -0.39 is 6.04 Å². The van der Waals surface area contributed by atoms with Crippen molar-refractivity contribution in [1.82, 2.24) is 0 Å². The van der Waals surface area contributed by atoms with Crippen molar-refractivity contribution in [3.8, 4) is 0 Å². The molecule has 0 bridgehead atoms. The monoisotopic (exact) mass is 194 g/mol. The van der Waals surface area contributed by atoms with Crippen LogP contribution in [0.2, 0.25) is 0 Å². The van der Waals surface area contributed by atoms with E-state index in [1.165, 1.54) is 18.0 Å². The Balaban J connectivity index is 2.69. The van der Waals surface area contributed by atoms with Crippen LogP contribution in [0.5, 0.6) is 0 Å². The van der Waals surface area contributed by atoms with Gasteiger partial charge in [-0.1, -0.05) is 6.07 Å². The number of carbonyl (C=O) groups is 1. The molecule has 74 valence electrons. The molecule has 0 fully saturated rings. The predicted molar refractivity (Wildman–Crippen MR) is 51.5 cm³/mol. The van der Waals surface area contributed by atoms with Crippen molar-refractivity contribution < 1.29 is 9.18 Å². The van der Waals surface area contributed by atoms with Gasteiger partial charge < -0.3 is 10.6 Å². The molecule has 1 aromatic carbocycles. The summed E-state index contributed by atoms with van der Waals surface area (Å²) in [5.74, 6) is -0.645. The summed E-state index contributed by atoms with van der Waals surface area (Å²) >= 11 is 0. The highest BCUT2D eigenvalue weighted by molar-refractivity contribution is 6.04. The molecule has 1 aromatic rings. The van der Waals surface area contributed by atoms with Crippen LogP contribution in [0.3, 0.4) is 0 Å². The summed E-state index contributed by atoms with van der Waals surface area (Å²) in [5.41, 5.74) is 7.33. The lowest BCUT2D eigenvalue weighted by molar-refractivity contribution is -0.118. The lowest BCUT2D eigenvalue weighted by Crippen LogP contribution is -2.28. The molecule has 0 saturated carbocycles. The molecule has 0 spiro atoms. The van der Waals surface area contributed by atoms with Gasteiger partial charge in [-0.05, 0) is 18.6 Å². The quantitative estimate of drug-likeness (QED) is 0.672. The molecular formula is C10H11FN2O. The minimum absolute atomic E-state index is 0.260. The molecule has 1 atom stereocenters. The van der Waals surface area contributed by atoms with E-state index in [9.17, 15) is 9.18 Å². The Morgan fingerprint density at radius 2 is 2.14 bits per heavy atom. The first kappa shape index (κ1) is 9.15. The van der Waals surface area contributed by atoms with E-state index in [-0.39, 0.29) is 11.7 Å². The van der Waals surface area contributed by atoms with Crippen LogP contribution in [0, 0.1) is 12.7 Å². The zero-order valence-corrected chi connectivity index (χ0v) is 8.04. The molecule has 0 radical (unpaired) electrons. The van der Waals surface area contributed by atoms with E-state index in [1.807, 2.05) is 0 Å². The van der Waals surface area contributed by atoms with Gasteiger partial charge in [-0.25, -0.2) is 4.39 Å². The second-order valence-corrected chi connectivity index (χ2v) is 3.56. The van der Waals surface area contributed by atoms with Gasteiger partial charge in [0, 0.05) is 12.6 Å². The van der Waals surface area contributed by atoms with Crippen LogP contribution in [0.15, 0.2) is 12.1 Å². The number of nitrogens with zero attached hydrogens (tertiary/aromatic N) is 1. The molecular weight excluding hydrogens is 183 g/mol. The van der Waals surface area contributed by atoms with Crippen molar-refractivity contribution in [2.24, 2.45) is 5.73 Å². The normalized spacial score (nSPS) is 20.1. The lowest BCUT2D eigenvalue weighted by Gasteiger charge is -2.10. The standard InChI is InChI=1S/C10H11FN2O/c1-5-3-6-8(12)10(14)13(2)9(6)7(11)4-5/h3-4,8H,12H2,1-2H3. The van der Waals surface area contributed by atoms with Gasteiger partial charge in [0.15, 0.2) is 0 Å². The minimum atomic E-state index is -0.718. The number of fused-ring (bicyclic) bond motifs is 1. The van der Waals surface area contributed by atoms with Gasteiger partial charge in [0.2, 0.25) is 5.91 Å². The van der Waals surface area contributed by atoms with Gasteiger partial charge in [-0.15, -0.1) is 0 Å². The Morgan fingerprint density at radius 1 is 1.50 bits per heavy atom. The number of rotatable bonds is 0. The first-order valence-electron chi connectivity index (χ1n) is 4.35. The number of aryl methyl sites for hydroxylation is 1. The third-order valence-electron chi connectivity index (χ3n) is 2.50. The van der Waals surface area contributed by atoms with Crippen LogP contribution in [-0.4, -0.2) is 13.0 Å². The molecule has 1 amide bonds. The number of nitrogens with two attached hydrogens (primary N) is 1. The van der Waals surface area contributed by atoms with Crippen LogP contribution >= 0.6 is 0 Å². The zero-order valence-electron chi connectivity index (χ0n) is 8.04. The van der Waals surface area contributed by atoms with Crippen molar-refractivity contribution in [2.45, 2.75) is 13.0 Å². The van der Waals surface area contributed by atoms with Crippen LogP contribution in [0.4, 0.5) is 10.1 Å². The fourth-order valence-electron chi connectivity index (χ4n) is 1.80. The first-order valence-corrected chi connectivity index (χ1v) is 4.35. The van der Waals surface area contributed by atoms with Gasteiger partial charge in [0.05, 0.1) is 5.69 Å². The Labute approximate surface area is 81.3 Å². The zero-order chi connectivity index (χ0) is 10.5. The lowest BCUT2D eigenvalue weighted by atomic mass is 10.1. The summed E-state index contributed by atoms with van der Waals surface area (Å²) in [6.45, 7) is 1.78. The summed E-state index contributed by atoms with van der Waals surface area (Å²) in [7, 11) is 1.53. The van der Waals surface area contributed by atoms with E-state index >= 15 is 0 Å². The number of hydrogen-bond donors (Lipinski definition) is 1. The number of benzene rings is 1. The molecule has 2 N–H and O–H groups in total. The fourth-order valence-corrected chi connectivity index (χ4v) is 1.80. The molecule has 14 heavy (non-hydrogen) atoms. The summed E-state index contributed by atoms with van der Waals surface area (Å²) in [4.78, 5) is 12.7. The third-order valence-corrected chi connectivity index (χ3v) is 2.50. The van der Waals surface area contributed by atoms with E-state index in [2.05, 4.69) is 0 Å². The highest BCUT2D eigenvalue weighted by atomic mass is 19.1. The number of amides is 1. The Hall–Kier alpha value is -1.42. The minimum Gasteiger partial charge on any atom is -0.316 e. The molecule has 1 aliphatic rings. The van der Waals surface area contributed by atoms with Crippen LogP contribution < -0.4 is 10.6 Å². The van der Waals surface area contributed by atoms with Gasteiger partial charge >= 0.3 is 0 Å². The highest BCUT2D eigenvalue weighted by Gasteiger charge is 2.34.